The van der Waals surface area contributed by atoms with Crippen LogP contribution in [0.3, 0.4) is 0 Å². The number of amides is 2. The van der Waals surface area contributed by atoms with E-state index in [-0.39, 0.29) is 23.7 Å². The molecule has 2 atom stereocenters. The molecular formula is C12H23N3O2. The maximum absolute atomic E-state index is 11.6. The quantitative estimate of drug-likeness (QED) is 0.549. The van der Waals surface area contributed by atoms with Crippen LogP contribution in [0.15, 0.2) is 0 Å². The van der Waals surface area contributed by atoms with Crippen LogP contribution in [-0.4, -0.2) is 30.9 Å². The number of hydrogen-bond acceptors (Lipinski definition) is 3. The van der Waals surface area contributed by atoms with Crippen molar-refractivity contribution in [1.29, 1.82) is 0 Å². The molecule has 0 aromatic heterocycles. The molecular weight excluding hydrogens is 218 g/mol. The number of carbonyl (C=O) groups excluding carboxylic acids is 2. The largest absolute Gasteiger partial charge is 0.354 e. The van der Waals surface area contributed by atoms with Crippen molar-refractivity contribution in [3.05, 3.63) is 0 Å². The summed E-state index contributed by atoms with van der Waals surface area (Å²) < 4.78 is 0. The zero-order valence-electron chi connectivity index (χ0n) is 10.7. The van der Waals surface area contributed by atoms with Gasteiger partial charge in [0.25, 0.3) is 0 Å². The van der Waals surface area contributed by atoms with E-state index in [1.165, 1.54) is 0 Å². The highest BCUT2D eigenvalue weighted by atomic mass is 16.2. The van der Waals surface area contributed by atoms with E-state index >= 15 is 0 Å². The minimum Gasteiger partial charge on any atom is -0.354 e. The van der Waals surface area contributed by atoms with Gasteiger partial charge in [0.05, 0.1) is 6.04 Å². The Morgan fingerprint density at radius 1 is 1.29 bits per heavy atom. The van der Waals surface area contributed by atoms with E-state index in [2.05, 4.69) is 10.6 Å². The summed E-state index contributed by atoms with van der Waals surface area (Å²) in [5.41, 5.74) is 5.77. The van der Waals surface area contributed by atoms with Gasteiger partial charge in [-0.2, -0.15) is 0 Å². The molecule has 0 spiro atoms. The minimum absolute atomic E-state index is 0.102. The van der Waals surface area contributed by atoms with E-state index < -0.39 is 6.04 Å². The van der Waals surface area contributed by atoms with E-state index in [9.17, 15) is 9.59 Å². The van der Waals surface area contributed by atoms with E-state index in [4.69, 9.17) is 5.73 Å². The molecule has 1 aliphatic carbocycles. The molecule has 0 aromatic carbocycles. The van der Waals surface area contributed by atoms with Crippen LogP contribution in [0, 0.1) is 11.8 Å². The normalized spacial score (nSPS) is 18.3. The van der Waals surface area contributed by atoms with Gasteiger partial charge in [0.2, 0.25) is 11.8 Å². The monoisotopic (exact) mass is 241 g/mol. The molecule has 0 heterocycles. The molecule has 2 unspecified atom stereocenters. The van der Waals surface area contributed by atoms with Crippen LogP contribution in [0.25, 0.3) is 0 Å². The number of carbonyl (C=O) groups is 2. The first-order valence-electron chi connectivity index (χ1n) is 6.37. The molecule has 1 saturated carbocycles. The second kappa shape index (κ2) is 6.59. The molecule has 98 valence electrons. The Balaban J connectivity index is 2.08. The standard InChI is InChI=1S/C12H23N3O2/c1-3-8(2)10(13)12(17)15-7-6-14-11(16)9-4-5-9/h8-10H,3-7,13H2,1-2H3,(H,14,16)(H,15,17). The Bertz CT molecular complexity index is 277. The summed E-state index contributed by atoms with van der Waals surface area (Å²) in [6, 6.07) is -0.459. The van der Waals surface area contributed by atoms with Gasteiger partial charge in [-0.15, -0.1) is 0 Å². The first-order chi connectivity index (χ1) is 8.06. The fourth-order valence-electron chi connectivity index (χ4n) is 1.49. The van der Waals surface area contributed by atoms with E-state index in [0.29, 0.717) is 13.1 Å². The van der Waals surface area contributed by atoms with Crippen molar-refractivity contribution in [2.75, 3.05) is 13.1 Å². The Labute approximate surface area is 103 Å². The fourth-order valence-corrected chi connectivity index (χ4v) is 1.49. The summed E-state index contributed by atoms with van der Waals surface area (Å²) >= 11 is 0. The van der Waals surface area contributed by atoms with Crippen LogP contribution in [0.1, 0.15) is 33.1 Å². The van der Waals surface area contributed by atoms with E-state index in [0.717, 1.165) is 19.3 Å². The summed E-state index contributed by atoms with van der Waals surface area (Å²) in [7, 11) is 0. The summed E-state index contributed by atoms with van der Waals surface area (Å²) in [6.07, 6.45) is 2.88. The Hall–Kier alpha value is -1.10. The molecule has 1 rings (SSSR count). The summed E-state index contributed by atoms with van der Waals surface area (Å²) in [6.45, 7) is 4.89. The van der Waals surface area contributed by atoms with Crippen LogP contribution in [0.5, 0.6) is 0 Å². The predicted octanol–water partition coefficient (Wildman–Crippen LogP) is 0.00220. The molecule has 0 aromatic rings. The minimum atomic E-state index is -0.459. The van der Waals surface area contributed by atoms with Gasteiger partial charge in [-0.25, -0.2) is 0 Å². The van der Waals surface area contributed by atoms with Crippen LogP contribution in [0.4, 0.5) is 0 Å². The molecule has 0 saturated heterocycles. The first kappa shape index (κ1) is 14.0. The summed E-state index contributed by atoms with van der Waals surface area (Å²) in [5.74, 6) is 0.356. The lowest BCUT2D eigenvalue weighted by atomic mass is 9.99. The maximum atomic E-state index is 11.6. The SMILES string of the molecule is CCC(C)C(N)C(=O)NCCNC(=O)C1CC1. The zero-order chi connectivity index (χ0) is 12.8. The van der Waals surface area contributed by atoms with Gasteiger partial charge in [-0.05, 0) is 18.8 Å². The van der Waals surface area contributed by atoms with Gasteiger partial charge in [0.1, 0.15) is 0 Å². The number of nitrogens with one attached hydrogen (secondary N) is 2. The molecule has 4 N–H and O–H groups in total. The lowest BCUT2D eigenvalue weighted by molar-refractivity contribution is -0.124. The van der Waals surface area contributed by atoms with Gasteiger partial charge in [-0.3, -0.25) is 9.59 Å². The second-order valence-corrected chi connectivity index (χ2v) is 4.77. The molecule has 5 heteroatoms. The molecule has 5 nitrogen and oxygen atoms in total. The van der Waals surface area contributed by atoms with Crippen LogP contribution >= 0.6 is 0 Å². The average molecular weight is 241 g/mol. The first-order valence-corrected chi connectivity index (χ1v) is 6.37. The summed E-state index contributed by atoms with van der Waals surface area (Å²) in [4.78, 5) is 22.9. The molecule has 1 aliphatic rings. The number of nitrogens with two attached hydrogens (primary N) is 1. The van der Waals surface area contributed by atoms with Crippen molar-refractivity contribution in [3.8, 4) is 0 Å². The lowest BCUT2D eigenvalue weighted by Gasteiger charge is -2.17. The topological polar surface area (TPSA) is 84.2 Å². The van der Waals surface area contributed by atoms with E-state index in [1.54, 1.807) is 0 Å². The van der Waals surface area contributed by atoms with Crippen molar-refractivity contribution in [3.63, 3.8) is 0 Å². The molecule has 0 bridgehead atoms. The highest BCUT2D eigenvalue weighted by Crippen LogP contribution is 2.28. The third-order valence-corrected chi connectivity index (χ3v) is 3.23. The van der Waals surface area contributed by atoms with Gasteiger partial charge in [-0.1, -0.05) is 20.3 Å². The van der Waals surface area contributed by atoms with Crippen molar-refractivity contribution < 1.29 is 9.59 Å². The second-order valence-electron chi connectivity index (χ2n) is 4.77. The van der Waals surface area contributed by atoms with Gasteiger partial charge in [0.15, 0.2) is 0 Å². The summed E-state index contributed by atoms with van der Waals surface area (Å²) in [5, 5.41) is 5.52. The number of hydrogen-bond donors (Lipinski definition) is 3. The van der Waals surface area contributed by atoms with Crippen molar-refractivity contribution in [2.24, 2.45) is 17.6 Å². The molecule has 1 fully saturated rings. The van der Waals surface area contributed by atoms with Gasteiger partial charge >= 0.3 is 0 Å². The Morgan fingerprint density at radius 3 is 2.41 bits per heavy atom. The maximum Gasteiger partial charge on any atom is 0.237 e. The van der Waals surface area contributed by atoms with Gasteiger partial charge < -0.3 is 16.4 Å². The molecule has 2 amide bonds. The van der Waals surface area contributed by atoms with Crippen LogP contribution in [-0.2, 0) is 9.59 Å². The smallest absolute Gasteiger partial charge is 0.237 e. The third kappa shape index (κ3) is 4.73. The Morgan fingerprint density at radius 2 is 1.88 bits per heavy atom. The molecule has 0 radical (unpaired) electrons. The van der Waals surface area contributed by atoms with Crippen molar-refractivity contribution >= 4 is 11.8 Å². The molecule has 0 aliphatic heterocycles. The van der Waals surface area contributed by atoms with Crippen molar-refractivity contribution in [2.45, 2.75) is 39.2 Å². The van der Waals surface area contributed by atoms with Crippen LogP contribution < -0.4 is 16.4 Å². The number of rotatable bonds is 7. The highest BCUT2D eigenvalue weighted by molar-refractivity contribution is 5.82. The third-order valence-electron chi connectivity index (χ3n) is 3.23. The van der Waals surface area contributed by atoms with Crippen LogP contribution in [0.2, 0.25) is 0 Å². The predicted molar refractivity (Wildman–Crippen MR) is 66.2 cm³/mol. The fraction of sp³-hybridized carbons (Fsp3) is 0.833. The van der Waals surface area contributed by atoms with Gasteiger partial charge in [0, 0.05) is 19.0 Å². The Kier molecular flexibility index (Phi) is 5.41. The van der Waals surface area contributed by atoms with Crippen molar-refractivity contribution in [1.82, 2.24) is 10.6 Å². The average Bonchev–Trinajstić information content (AvgIpc) is 3.16. The van der Waals surface area contributed by atoms with E-state index in [1.807, 2.05) is 13.8 Å². The zero-order valence-corrected chi connectivity index (χ0v) is 10.7. The lowest BCUT2D eigenvalue weighted by Crippen LogP contribution is -2.46. The highest BCUT2D eigenvalue weighted by Gasteiger charge is 2.29. The molecule has 17 heavy (non-hydrogen) atoms.